The zero-order valence-electron chi connectivity index (χ0n) is 13.3. The van der Waals surface area contributed by atoms with Crippen LogP contribution in [0.4, 0.5) is 16.2 Å². The summed E-state index contributed by atoms with van der Waals surface area (Å²) >= 11 is 0. The summed E-state index contributed by atoms with van der Waals surface area (Å²) in [5, 5.41) is 11.9. The van der Waals surface area contributed by atoms with Crippen LogP contribution >= 0.6 is 0 Å². The Kier molecular flexibility index (Phi) is 5.26. The van der Waals surface area contributed by atoms with E-state index in [2.05, 4.69) is 10.2 Å². The number of carbonyl (C=O) groups is 1. The molecule has 1 unspecified atom stereocenters. The van der Waals surface area contributed by atoms with Gasteiger partial charge < -0.3 is 19.5 Å². The first-order valence-electron chi connectivity index (χ1n) is 7.45. The summed E-state index contributed by atoms with van der Waals surface area (Å²) in [6, 6.07) is 7.56. The topological polar surface area (TPSA) is 71.0 Å². The molecule has 2 rings (SSSR count). The Morgan fingerprint density at radius 3 is 2.95 bits per heavy atom. The molecular weight excluding hydrogens is 284 g/mol. The first-order chi connectivity index (χ1) is 10.4. The smallest absolute Gasteiger partial charge is 0.412 e. The Morgan fingerprint density at radius 1 is 1.50 bits per heavy atom. The lowest BCUT2D eigenvalue weighted by atomic mass is 10.2. The summed E-state index contributed by atoms with van der Waals surface area (Å²) in [6.45, 7) is 7.45. The van der Waals surface area contributed by atoms with Crippen LogP contribution in [0.2, 0.25) is 0 Å². The van der Waals surface area contributed by atoms with Crippen LogP contribution in [-0.4, -0.2) is 49.2 Å². The maximum absolute atomic E-state index is 11.8. The highest BCUT2D eigenvalue weighted by atomic mass is 16.6. The molecule has 0 bridgehead atoms. The molecule has 22 heavy (non-hydrogen) atoms. The van der Waals surface area contributed by atoms with Gasteiger partial charge in [0.15, 0.2) is 0 Å². The Hall–Kier alpha value is -1.79. The van der Waals surface area contributed by atoms with Crippen LogP contribution in [0.5, 0.6) is 0 Å². The third kappa shape index (κ3) is 4.89. The predicted octanol–water partition coefficient (Wildman–Crippen LogP) is 2.23. The van der Waals surface area contributed by atoms with Crippen molar-refractivity contribution in [2.75, 3.05) is 36.5 Å². The number of amides is 1. The van der Waals surface area contributed by atoms with Gasteiger partial charge in [-0.1, -0.05) is 6.07 Å². The van der Waals surface area contributed by atoms with Crippen molar-refractivity contribution in [2.24, 2.45) is 0 Å². The number of ether oxygens (including phenoxy) is 2. The molecular formula is C16H24N2O4. The van der Waals surface area contributed by atoms with Crippen LogP contribution in [0.3, 0.4) is 0 Å². The average Bonchev–Trinajstić information content (AvgIpc) is 2.45. The van der Waals surface area contributed by atoms with Gasteiger partial charge in [-0.25, -0.2) is 4.79 Å². The summed E-state index contributed by atoms with van der Waals surface area (Å²) in [7, 11) is 0. The monoisotopic (exact) mass is 308 g/mol. The molecule has 0 saturated carbocycles. The van der Waals surface area contributed by atoms with Crippen molar-refractivity contribution in [2.45, 2.75) is 32.5 Å². The molecule has 1 aromatic rings. The summed E-state index contributed by atoms with van der Waals surface area (Å²) in [5.74, 6) is 0. The van der Waals surface area contributed by atoms with Crippen molar-refractivity contribution in [3.63, 3.8) is 0 Å². The molecule has 1 aliphatic rings. The van der Waals surface area contributed by atoms with Crippen molar-refractivity contribution in [3.05, 3.63) is 24.3 Å². The Balaban J connectivity index is 2.02. The van der Waals surface area contributed by atoms with E-state index in [0.717, 1.165) is 12.2 Å². The second-order valence-electron chi connectivity index (χ2n) is 6.30. The number of aliphatic hydroxyl groups excluding tert-OH is 1. The molecule has 1 heterocycles. The number of morpholine rings is 1. The zero-order chi connectivity index (χ0) is 16.2. The Bertz CT molecular complexity index is 513. The number of benzene rings is 1. The van der Waals surface area contributed by atoms with Gasteiger partial charge in [0.1, 0.15) is 5.60 Å². The number of anilines is 2. The highest BCUT2D eigenvalue weighted by molar-refractivity contribution is 5.85. The van der Waals surface area contributed by atoms with Crippen molar-refractivity contribution in [3.8, 4) is 0 Å². The molecule has 0 spiro atoms. The number of carbonyl (C=O) groups excluding carboxylic acids is 1. The fraction of sp³-hybridized carbons (Fsp3) is 0.562. The molecule has 2 N–H and O–H groups in total. The number of nitrogens with one attached hydrogen (secondary N) is 1. The molecule has 0 aromatic heterocycles. The summed E-state index contributed by atoms with van der Waals surface area (Å²) in [5.41, 5.74) is 1.13. The van der Waals surface area contributed by atoms with E-state index in [-0.39, 0.29) is 12.7 Å². The van der Waals surface area contributed by atoms with E-state index in [1.54, 1.807) is 0 Å². The van der Waals surface area contributed by atoms with Crippen LogP contribution < -0.4 is 10.2 Å². The molecule has 0 radical (unpaired) electrons. The van der Waals surface area contributed by atoms with E-state index < -0.39 is 11.7 Å². The molecule has 1 saturated heterocycles. The molecule has 6 heteroatoms. The quantitative estimate of drug-likeness (QED) is 0.896. The highest BCUT2D eigenvalue weighted by Gasteiger charge is 2.20. The maximum Gasteiger partial charge on any atom is 0.412 e. The van der Waals surface area contributed by atoms with Crippen molar-refractivity contribution >= 4 is 17.5 Å². The second-order valence-corrected chi connectivity index (χ2v) is 6.30. The van der Waals surface area contributed by atoms with Gasteiger partial charge in [0.2, 0.25) is 0 Å². The van der Waals surface area contributed by atoms with Crippen LogP contribution in [0.15, 0.2) is 24.3 Å². The van der Waals surface area contributed by atoms with Gasteiger partial charge in [-0.05, 0) is 39.0 Å². The van der Waals surface area contributed by atoms with Gasteiger partial charge in [0.25, 0.3) is 0 Å². The molecule has 1 aromatic carbocycles. The Morgan fingerprint density at radius 2 is 2.27 bits per heavy atom. The number of hydrogen-bond donors (Lipinski definition) is 2. The van der Waals surface area contributed by atoms with Gasteiger partial charge in [0.05, 0.1) is 19.3 Å². The van der Waals surface area contributed by atoms with Crippen molar-refractivity contribution < 1.29 is 19.4 Å². The summed E-state index contributed by atoms with van der Waals surface area (Å²) < 4.78 is 10.7. The fourth-order valence-electron chi connectivity index (χ4n) is 2.27. The summed E-state index contributed by atoms with van der Waals surface area (Å²) in [6.07, 6.45) is -0.643. The fourth-order valence-corrected chi connectivity index (χ4v) is 2.27. The average molecular weight is 308 g/mol. The maximum atomic E-state index is 11.8. The van der Waals surface area contributed by atoms with Gasteiger partial charge in [-0.15, -0.1) is 0 Å². The predicted molar refractivity (Wildman–Crippen MR) is 85.3 cm³/mol. The lowest BCUT2D eigenvalue weighted by Crippen LogP contribution is -2.44. The molecule has 0 aliphatic carbocycles. The largest absolute Gasteiger partial charge is 0.444 e. The number of rotatable bonds is 3. The van der Waals surface area contributed by atoms with Crippen molar-refractivity contribution in [1.82, 2.24) is 0 Å². The number of aliphatic hydroxyl groups is 1. The van der Waals surface area contributed by atoms with Crippen molar-refractivity contribution in [1.29, 1.82) is 0 Å². The standard InChI is InChI=1S/C16H24N2O4/c1-16(2,3)22-15(20)17-12-5-4-6-13(9-12)18-7-8-21-14(10-18)11-19/h4-6,9,14,19H,7-8,10-11H2,1-3H3,(H,17,20). The SMILES string of the molecule is CC(C)(C)OC(=O)Nc1cccc(N2CCOC(CO)C2)c1. The lowest BCUT2D eigenvalue weighted by Gasteiger charge is -2.33. The molecule has 1 fully saturated rings. The third-order valence-corrected chi connectivity index (χ3v) is 3.20. The first-order valence-corrected chi connectivity index (χ1v) is 7.45. The highest BCUT2D eigenvalue weighted by Crippen LogP contribution is 2.22. The minimum Gasteiger partial charge on any atom is -0.444 e. The Labute approximate surface area is 131 Å². The van der Waals surface area contributed by atoms with Crippen LogP contribution in [0.25, 0.3) is 0 Å². The van der Waals surface area contributed by atoms with Crippen LogP contribution in [0.1, 0.15) is 20.8 Å². The van der Waals surface area contributed by atoms with E-state index in [1.807, 2.05) is 45.0 Å². The normalized spacial score (nSPS) is 18.9. The first kappa shape index (κ1) is 16.6. The van der Waals surface area contributed by atoms with Gasteiger partial charge in [-0.2, -0.15) is 0 Å². The molecule has 122 valence electrons. The van der Waals surface area contributed by atoms with Crippen LogP contribution in [-0.2, 0) is 9.47 Å². The number of nitrogens with zero attached hydrogens (tertiary/aromatic N) is 1. The second kappa shape index (κ2) is 6.98. The molecule has 6 nitrogen and oxygen atoms in total. The van der Waals surface area contributed by atoms with Crippen LogP contribution in [0, 0.1) is 0 Å². The number of hydrogen-bond acceptors (Lipinski definition) is 5. The van der Waals surface area contributed by atoms with E-state index >= 15 is 0 Å². The third-order valence-electron chi connectivity index (χ3n) is 3.20. The summed E-state index contributed by atoms with van der Waals surface area (Å²) in [4.78, 5) is 13.9. The van der Waals surface area contributed by atoms with E-state index in [4.69, 9.17) is 9.47 Å². The lowest BCUT2D eigenvalue weighted by molar-refractivity contribution is 0.00357. The van der Waals surface area contributed by atoms with E-state index in [0.29, 0.717) is 18.8 Å². The molecule has 1 aliphatic heterocycles. The van der Waals surface area contributed by atoms with Gasteiger partial charge >= 0.3 is 6.09 Å². The molecule has 1 atom stereocenters. The minimum absolute atomic E-state index is 0.00630. The van der Waals surface area contributed by atoms with Gasteiger partial charge in [-0.3, -0.25) is 5.32 Å². The molecule has 1 amide bonds. The zero-order valence-corrected chi connectivity index (χ0v) is 13.3. The van der Waals surface area contributed by atoms with Gasteiger partial charge in [0, 0.05) is 24.5 Å². The minimum atomic E-state index is -0.528. The van der Waals surface area contributed by atoms with E-state index in [9.17, 15) is 9.90 Å². The van der Waals surface area contributed by atoms with E-state index in [1.165, 1.54) is 0 Å².